The molecule has 4 rings (SSSR count). The van der Waals surface area contributed by atoms with Crippen molar-refractivity contribution in [3.8, 4) is 11.5 Å². The highest BCUT2D eigenvalue weighted by Crippen LogP contribution is 2.24. The SMILES string of the molecule is Cl.O=C(c1ccc(Oc2ccccc2)cc1)N1CCC(N2CCCC2)C1. The minimum absolute atomic E-state index is 0. The number of para-hydroxylation sites is 1. The van der Waals surface area contributed by atoms with E-state index in [0.29, 0.717) is 6.04 Å². The van der Waals surface area contributed by atoms with Crippen LogP contribution >= 0.6 is 12.4 Å². The predicted octanol–water partition coefficient (Wildman–Crippen LogP) is 4.21. The summed E-state index contributed by atoms with van der Waals surface area (Å²) in [6, 6.07) is 17.7. The number of halogens is 1. The van der Waals surface area contributed by atoms with Gasteiger partial charge in [0.25, 0.3) is 5.91 Å². The number of nitrogens with zero attached hydrogens (tertiary/aromatic N) is 2. The number of carbonyl (C=O) groups is 1. The summed E-state index contributed by atoms with van der Waals surface area (Å²) < 4.78 is 5.79. The molecule has 0 N–H and O–H groups in total. The molecule has 2 aromatic rings. The molecule has 0 aliphatic carbocycles. The Balaban J connectivity index is 0.00000196. The summed E-state index contributed by atoms with van der Waals surface area (Å²) in [6.45, 7) is 4.11. The van der Waals surface area contributed by atoms with Crippen molar-refractivity contribution in [2.24, 2.45) is 0 Å². The van der Waals surface area contributed by atoms with E-state index in [9.17, 15) is 4.79 Å². The lowest BCUT2D eigenvalue weighted by molar-refractivity contribution is 0.0780. The van der Waals surface area contributed by atoms with Crippen LogP contribution in [0.1, 0.15) is 29.6 Å². The van der Waals surface area contributed by atoms with Crippen LogP contribution < -0.4 is 4.74 Å². The number of hydrogen-bond donors (Lipinski definition) is 0. The molecule has 138 valence electrons. The molecule has 0 radical (unpaired) electrons. The zero-order valence-corrected chi connectivity index (χ0v) is 15.7. The van der Waals surface area contributed by atoms with Gasteiger partial charge in [-0.1, -0.05) is 18.2 Å². The van der Waals surface area contributed by atoms with E-state index in [1.165, 1.54) is 25.9 Å². The van der Waals surface area contributed by atoms with Crippen molar-refractivity contribution in [1.29, 1.82) is 0 Å². The van der Waals surface area contributed by atoms with Gasteiger partial charge in [-0.05, 0) is 68.8 Å². The van der Waals surface area contributed by atoms with Gasteiger partial charge < -0.3 is 9.64 Å². The Hall–Kier alpha value is -2.04. The summed E-state index contributed by atoms with van der Waals surface area (Å²) in [5.41, 5.74) is 0.738. The highest BCUT2D eigenvalue weighted by Gasteiger charge is 2.31. The Morgan fingerprint density at radius 3 is 2.23 bits per heavy atom. The Bertz CT molecular complexity index is 715. The minimum Gasteiger partial charge on any atom is -0.457 e. The second-order valence-corrected chi connectivity index (χ2v) is 6.88. The predicted molar refractivity (Wildman–Crippen MR) is 105 cm³/mol. The zero-order valence-electron chi connectivity index (χ0n) is 14.8. The van der Waals surface area contributed by atoms with E-state index in [2.05, 4.69) is 4.90 Å². The fraction of sp³-hybridized carbons (Fsp3) is 0.381. The van der Waals surface area contributed by atoms with Crippen LogP contribution in [0.15, 0.2) is 54.6 Å². The molecule has 1 unspecified atom stereocenters. The van der Waals surface area contributed by atoms with Gasteiger partial charge in [0.1, 0.15) is 11.5 Å². The van der Waals surface area contributed by atoms with Crippen molar-refractivity contribution in [2.75, 3.05) is 26.2 Å². The quantitative estimate of drug-likeness (QED) is 0.805. The van der Waals surface area contributed by atoms with Gasteiger partial charge in [-0.15, -0.1) is 12.4 Å². The second kappa shape index (κ2) is 8.56. The molecule has 2 aromatic carbocycles. The average Bonchev–Trinajstić information content (AvgIpc) is 3.34. The van der Waals surface area contributed by atoms with E-state index in [0.717, 1.165) is 36.6 Å². The van der Waals surface area contributed by atoms with Crippen molar-refractivity contribution in [3.05, 3.63) is 60.2 Å². The average molecular weight is 373 g/mol. The van der Waals surface area contributed by atoms with E-state index in [1.54, 1.807) is 0 Å². The van der Waals surface area contributed by atoms with Crippen LogP contribution in [-0.2, 0) is 0 Å². The number of hydrogen-bond acceptors (Lipinski definition) is 3. The van der Waals surface area contributed by atoms with Gasteiger partial charge in [-0.3, -0.25) is 9.69 Å². The maximum Gasteiger partial charge on any atom is 0.253 e. The number of rotatable bonds is 4. The van der Waals surface area contributed by atoms with Gasteiger partial charge in [0, 0.05) is 24.7 Å². The Morgan fingerprint density at radius 1 is 0.885 bits per heavy atom. The molecular weight excluding hydrogens is 348 g/mol. The third-order valence-corrected chi connectivity index (χ3v) is 5.19. The van der Waals surface area contributed by atoms with Gasteiger partial charge in [0.2, 0.25) is 0 Å². The summed E-state index contributed by atoms with van der Waals surface area (Å²) in [5, 5.41) is 0. The van der Waals surface area contributed by atoms with Gasteiger partial charge in [-0.25, -0.2) is 0 Å². The lowest BCUT2D eigenvalue weighted by atomic mass is 10.2. The third-order valence-electron chi connectivity index (χ3n) is 5.19. The first-order valence-electron chi connectivity index (χ1n) is 9.16. The smallest absolute Gasteiger partial charge is 0.253 e. The Kier molecular flexibility index (Phi) is 6.17. The van der Waals surface area contributed by atoms with Gasteiger partial charge in [0.05, 0.1) is 0 Å². The number of benzene rings is 2. The first-order valence-corrected chi connectivity index (χ1v) is 9.16. The normalized spacial score (nSPS) is 20.0. The second-order valence-electron chi connectivity index (χ2n) is 6.88. The minimum atomic E-state index is 0. The summed E-state index contributed by atoms with van der Waals surface area (Å²) in [5.74, 6) is 1.68. The van der Waals surface area contributed by atoms with Crippen molar-refractivity contribution >= 4 is 18.3 Å². The number of ether oxygens (including phenoxy) is 1. The van der Waals surface area contributed by atoms with Crippen molar-refractivity contribution in [2.45, 2.75) is 25.3 Å². The Labute approximate surface area is 161 Å². The van der Waals surface area contributed by atoms with Gasteiger partial charge in [0.15, 0.2) is 0 Å². The summed E-state index contributed by atoms with van der Waals surface area (Å²) in [6.07, 6.45) is 3.70. The zero-order chi connectivity index (χ0) is 17.1. The third kappa shape index (κ3) is 4.19. The lowest BCUT2D eigenvalue weighted by Gasteiger charge is -2.23. The summed E-state index contributed by atoms with van der Waals surface area (Å²) >= 11 is 0. The summed E-state index contributed by atoms with van der Waals surface area (Å²) in [4.78, 5) is 17.3. The largest absolute Gasteiger partial charge is 0.457 e. The van der Waals surface area contributed by atoms with Crippen molar-refractivity contribution < 1.29 is 9.53 Å². The Morgan fingerprint density at radius 2 is 1.54 bits per heavy atom. The molecule has 0 bridgehead atoms. The molecule has 0 saturated carbocycles. The van der Waals surface area contributed by atoms with Crippen LogP contribution in [0.5, 0.6) is 11.5 Å². The molecule has 26 heavy (non-hydrogen) atoms. The maximum absolute atomic E-state index is 12.7. The number of carbonyl (C=O) groups excluding carboxylic acids is 1. The van der Waals surface area contributed by atoms with Gasteiger partial charge >= 0.3 is 0 Å². The number of likely N-dealkylation sites (tertiary alicyclic amines) is 2. The first-order chi connectivity index (χ1) is 12.3. The van der Waals surface area contributed by atoms with E-state index < -0.39 is 0 Å². The molecule has 1 amide bonds. The van der Waals surface area contributed by atoms with Crippen LogP contribution in [0, 0.1) is 0 Å². The molecule has 2 heterocycles. The van der Waals surface area contributed by atoms with E-state index in [-0.39, 0.29) is 18.3 Å². The molecule has 0 spiro atoms. The molecule has 2 aliphatic heterocycles. The fourth-order valence-electron chi connectivity index (χ4n) is 3.80. The molecule has 2 aliphatic rings. The lowest BCUT2D eigenvalue weighted by Crippen LogP contribution is -2.37. The van der Waals surface area contributed by atoms with Crippen molar-refractivity contribution in [3.63, 3.8) is 0 Å². The molecule has 1 atom stereocenters. The van der Waals surface area contributed by atoms with E-state index in [1.807, 2.05) is 59.5 Å². The molecule has 0 aromatic heterocycles. The van der Waals surface area contributed by atoms with E-state index >= 15 is 0 Å². The topological polar surface area (TPSA) is 32.8 Å². The fourth-order valence-corrected chi connectivity index (χ4v) is 3.80. The van der Waals surface area contributed by atoms with Crippen LogP contribution in [0.4, 0.5) is 0 Å². The monoisotopic (exact) mass is 372 g/mol. The van der Waals surface area contributed by atoms with Crippen LogP contribution in [0.25, 0.3) is 0 Å². The van der Waals surface area contributed by atoms with Gasteiger partial charge in [-0.2, -0.15) is 0 Å². The first kappa shape index (κ1) is 18.7. The molecule has 4 nitrogen and oxygen atoms in total. The van der Waals surface area contributed by atoms with E-state index in [4.69, 9.17) is 4.74 Å². The number of amides is 1. The highest BCUT2D eigenvalue weighted by atomic mass is 35.5. The molecule has 2 saturated heterocycles. The molecular formula is C21H25ClN2O2. The molecule has 2 fully saturated rings. The summed E-state index contributed by atoms with van der Waals surface area (Å²) in [7, 11) is 0. The maximum atomic E-state index is 12.7. The molecule has 5 heteroatoms. The standard InChI is InChI=1S/C21H24N2O2.ClH/c24-21(23-15-12-18(16-23)22-13-4-5-14-22)17-8-10-20(11-9-17)25-19-6-2-1-3-7-19;/h1-3,6-11,18H,4-5,12-16H2;1H. The van der Waals surface area contributed by atoms with Crippen LogP contribution in [0.3, 0.4) is 0 Å². The highest BCUT2D eigenvalue weighted by molar-refractivity contribution is 5.94. The van der Waals surface area contributed by atoms with Crippen molar-refractivity contribution in [1.82, 2.24) is 9.80 Å². The van der Waals surface area contributed by atoms with Crippen LogP contribution in [-0.4, -0.2) is 47.9 Å². The van der Waals surface area contributed by atoms with Crippen LogP contribution in [0.2, 0.25) is 0 Å².